The van der Waals surface area contributed by atoms with E-state index in [4.69, 9.17) is 4.74 Å². The molecule has 0 aliphatic rings. The second-order valence-corrected chi connectivity index (χ2v) is 6.13. The number of hydrogen-bond donors (Lipinski definition) is 0. The maximum Gasteiger partial charge on any atom is 0.105 e. The fourth-order valence-corrected chi connectivity index (χ4v) is 2.47. The van der Waals surface area contributed by atoms with E-state index in [2.05, 4.69) is 48.7 Å². The number of nitrogens with zero attached hydrogens (tertiary/aromatic N) is 2. The zero-order valence-corrected chi connectivity index (χ0v) is 18.9. The first-order chi connectivity index (χ1) is 8.34. The number of halogens is 2. The van der Waals surface area contributed by atoms with Crippen LogP contribution in [0.5, 0.6) is 0 Å². The molecule has 1 atom stereocenters. The van der Waals surface area contributed by atoms with Crippen LogP contribution in [0.25, 0.3) is 0 Å². The van der Waals surface area contributed by atoms with Crippen molar-refractivity contribution in [1.29, 1.82) is 0 Å². The maximum atomic E-state index is 6.01. The van der Waals surface area contributed by atoms with Crippen molar-refractivity contribution < 1.29 is 61.7 Å². The predicted octanol–water partition coefficient (Wildman–Crippen LogP) is -3.63. The molecule has 0 aliphatic heterocycles. The quantitative estimate of drug-likeness (QED) is 0.216. The first-order valence-corrected chi connectivity index (χ1v) is 7.63. The first-order valence-electron chi connectivity index (χ1n) is 7.63. The van der Waals surface area contributed by atoms with Crippen molar-refractivity contribution in [1.82, 2.24) is 0 Å². The molecular formula is C15H36I2N2O. The molecule has 0 spiro atoms. The molecule has 0 bridgehead atoms. The molecule has 3 nitrogen and oxygen atoms in total. The molecule has 5 heteroatoms. The van der Waals surface area contributed by atoms with Crippen molar-refractivity contribution in [3.63, 3.8) is 0 Å². The third kappa shape index (κ3) is 10.1. The van der Waals surface area contributed by atoms with Crippen LogP contribution in [0.15, 0.2) is 0 Å². The van der Waals surface area contributed by atoms with Gasteiger partial charge >= 0.3 is 0 Å². The van der Waals surface area contributed by atoms with Gasteiger partial charge in [0.25, 0.3) is 0 Å². The van der Waals surface area contributed by atoms with E-state index >= 15 is 0 Å². The second-order valence-electron chi connectivity index (χ2n) is 6.13. The number of rotatable bonds is 10. The van der Waals surface area contributed by atoms with E-state index in [0.717, 1.165) is 30.7 Å². The highest BCUT2D eigenvalue weighted by molar-refractivity contribution is 4.48. The number of quaternary nitrogens is 2. The van der Waals surface area contributed by atoms with Crippen LogP contribution < -0.4 is 48.0 Å². The number of likely N-dealkylation sites (N-methyl/N-ethyl adjacent to an activating group) is 2. The van der Waals surface area contributed by atoms with Gasteiger partial charge in [-0.05, 0) is 34.6 Å². The molecule has 0 saturated heterocycles. The van der Waals surface area contributed by atoms with E-state index in [0.29, 0.717) is 6.10 Å². The molecular weight excluding hydrogens is 478 g/mol. The van der Waals surface area contributed by atoms with Gasteiger partial charge in [0.2, 0.25) is 0 Å². The molecule has 0 amide bonds. The molecule has 1 unspecified atom stereocenters. The third-order valence-electron chi connectivity index (χ3n) is 4.59. The normalized spacial score (nSPS) is 13.3. The summed E-state index contributed by atoms with van der Waals surface area (Å²) in [6.07, 6.45) is 0.354. The third-order valence-corrected chi connectivity index (χ3v) is 4.59. The van der Waals surface area contributed by atoms with Gasteiger partial charge in [0, 0.05) is 0 Å². The lowest BCUT2D eigenvalue weighted by molar-refractivity contribution is -0.924. The Kier molecular flexibility index (Phi) is 16.9. The van der Waals surface area contributed by atoms with Gasteiger partial charge in [-0.3, -0.25) is 0 Å². The van der Waals surface area contributed by atoms with Crippen molar-refractivity contribution in [2.75, 3.05) is 60.0 Å². The Morgan fingerprint density at radius 1 is 0.850 bits per heavy atom. The summed E-state index contributed by atoms with van der Waals surface area (Å²) in [5.41, 5.74) is 0. The zero-order chi connectivity index (χ0) is 14.2. The number of hydrogen-bond acceptors (Lipinski definition) is 1. The minimum absolute atomic E-state index is 0. The Bertz CT molecular complexity index is 214. The monoisotopic (exact) mass is 514 g/mol. The smallest absolute Gasteiger partial charge is 0.105 e. The molecule has 126 valence electrons. The van der Waals surface area contributed by atoms with Crippen molar-refractivity contribution in [2.45, 2.75) is 40.7 Å². The maximum absolute atomic E-state index is 6.01. The lowest BCUT2D eigenvalue weighted by Gasteiger charge is -2.36. The lowest BCUT2D eigenvalue weighted by Crippen LogP contribution is -3.00. The van der Waals surface area contributed by atoms with Gasteiger partial charge in [0.15, 0.2) is 0 Å². The standard InChI is InChI=1S/C15H36N2O.2HI/c1-8-16(6,7)14-15(5)18-13-12-17(9-2,10-3)11-4;;/h15H,8-14H2,1-7H3;2*1H/q+2;;/p-2. The Labute approximate surface area is 161 Å². The summed E-state index contributed by atoms with van der Waals surface area (Å²) in [6.45, 7) is 19.2. The predicted molar refractivity (Wildman–Crippen MR) is 79.7 cm³/mol. The van der Waals surface area contributed by atoms with Crippen LogP contribution in [0.4, 0.5) is 0 Å². The van der Waals surface area contributed by atoms with Crippen LogP contribution in [-0.2, 0) is 4.74 Å². The van der Waals surface area contributed by atoms with Gasteiger partial charge in [-0.2, -0.15) is 0 Å². The summed E-state index contributed by atoms with van der Waals surface area (Å²) in [7, 11) is 4.54. The Morgan fingerprint density at radius 3 is 1.65 bits per heavy atom. The largest absolute Gasteiger partial charge is 1.00 e. The van der Waals surface area contributed by atoms with Gasteiger partial charge in [0.1, 0.15) is 19.2 Å². The minimum Gasteiger partial charge on any atom is -1.00 e. The lowest BCUT2D eigenvalue weighted by atomic mass is 10.3. The summed E-state index contributed by atoms with van der Waals surface area (Å²) in [6, 6.07) is 0. The van der Waals surface area contributed by atoms with E-state index in [9.17, 15) is 0 Å². The molecule has 20 heavy (non-hydrogen) atoms. The van der Waals surface area contributed by atoms with Gasteiger partial charge in [-0.15, -0.1) is 0 Å². The molecule has 0 aromatic carbocycles. The second kappa shape index (κ2) is 12.8. The molecule has 0 fully saturated rings. The molecule has 0 aromatic heterocycles. The molecule has 0 heterocycles. The highest BCUT2D eigenvalue weighted by Crippen LogP contribution is 2.07. The van der Waals surface area contributed by atoms with Crippen molar-refractivity contribution in [3.05, 3.63) is 0 Å². The highest BCUT2D eigenvalue weighted by Gasteiger charge is 2.22. The van der Waals surface area contributed by atoms with Crippen molar-refractivity contribution in [2.24, 2.45) is 0 Å². The van der Waals surface area contributed by atoms with Gasteiger partial charge in [-0.25, -0.2) is 0 Å². The Balaban J connectivity index is -0.00000144. The topological polar surface area (TPSA) is 9.23 Å². The fraction of sp³-hybridized carbons (Fsp3) is 1.00. The van der Waals surface area contributed by atoms with Crippen LogP contribution in [0, 0.1) is 0 Å². The molecule has 0 aliphatic carbocycles. The Morgan fingerprint density at radius 2 is 1.30 bits per heavy atom. The minimum atomic E-state index is 0. The van der Waals surface area contributed by atoms with Gasteiger partial charge in [0.05, 0.1) is 46.9 Å². The average Bonchev–Trinajstić information content (AvgIpc) is 2.35. The highest BCUT2D eigenvalue weighted by atomic mass is 127. The van der Waals surface area contributed by atoms with Crippen molar-refractivity contribution >= 4 is 0 Å². The molecule has 0 aromatic rings. The van der Waals surface area contributed by atoms with Gasteiger partial charge in [-0.1, -0.05) is 0 Å². The van der Waals surface area contributed by atoms with Crippen LogP contribution in [0.2, 0.25) is 0 Å². The van der Waals surface area contributed by atoms with E-state index in [1.165, 1.54) is 24.1 Å². The van der Waals surface area contributed by atoms with Crippen LogP contribution in [0.1, 0.15) is 34.6 Å². The van der Waals surface area contributed by atoms with E-state index in [1.54, 1.807) is 0 Å². The zero-order valence-electron chi connectivity index (χ0n) is 14.6. The van der Waals surface area contributed by atoms with Crippen LogP contribution in [0.3, 0.4) is 0 Å². The molecule has 0 saturated carbocycles. The molecule has 0 radical (unpaired) electrons. The van der Waals surface area contributed by atoms with Gasteiger partial charge < -0.3 is 61.7 Å². The molecule has 0 rings (SSSR count). The molecule has 0 N–H and O–H groups in total. The SMILES string of the molecule is CC[N+](C)(C)CC(C)OCC[N+](CC)(CC)CC.[I-].[I-]. The Hall–Kier alpha value is 1.34. The van der Waals surface area contributed by atoms with E-state index in [1.807, 2.05) is 0 Å². The first kappa shape index (κ1) is 26.2. The van der Waals surface area contributed by atoms with E-state index < -0.39 is 0 Å². The summed E-state index contributed by atoms with van der Waals surface area (Å²) in [4.78, 5) is 0. The summed E-state index contributed by atoms with van der Waals surface area (Å²) < 4.78 is 8.23. The summed E-state index contributed by atoms with van der Waals surface area (Å²) in [5, 5.41) is 0. The fourth-order valence-electron chi connectivity index (χ4n) is 2.47. The average molecular weight is 514 g/mol. The summed E-state index contributed by atoms with van der Waals surface area (Å²) in [5.74, 6) is 0. The van der Waals surface area contributed by atoms with E-state index in [-0.39, 0.29) is 48.0 Å². The number of ether oxygens (including phenoxy) is 1. The van der Waals surface area contributed by atoms with Crippen LogP contribution in [-0.4, -0.2) is 75.0 Å². The summed E-state index contributed by atoms with van der Waals surface area (Å²) >= 11 is 0. The van der Waals surface area contributed by atoms with Crippen LogP contribution >= 0.6 is 0 Å². The van der Waals surface area contributed by atoms with Crippen molar-refractivity contribution in [3.8, 4) is 0 Å².